The average molecular weight is 290 g/mol. The topological polar surface area (TPSA) is 50.7 Å². The van der Waals surface area contributed by atoms with E-state index < -0.39 is 0 Å². The summed E-state index contributed by atoms with van der Waals surface area (Å²) < 4.78 is 0. The first-order valence-electron chi connectivity index (χ1n) is 7.69. The first-order valence-corrected chi connectivity index (χ1v) is 7.69. The molecule has 0 bridgehead atoms. The van der Waals surface area contributed by atoms with Crippen LogP contribution in [0.2, 0.25) is 0 Å². The molecular formula is C18H18N4. The molecule has 110 valence electrons. The highest BCUT2D eigenvalue weighted by Crippen LogP contribution is 2.48. The van der Waals surface area contributed by atoms with Gasteiger partial charge in [0.15, 0.2) is 5.65 Å². The summed E-state index contributed by atoms with van der Waals surface area (Å²) in [6.45, 7) is 0.959. The van der Waals surface area contributed by atoms with Gasteiger partial charge in [-0.25, -0.2) is 9.97 Å². The molecule has 0 amide bonds. The summed E-state index contributed by atoms with van der Waals surface area (Å²) in [6, 6.07) is 14.7. The van der Waals surface area contributed by atoms with E-state index in [9.17, 15) is 0 Å². The van der Waals surface area contributed by atoms with Gasteiger partial charge in [0, 0.05) is 18.9 Å². The second-order valence-corrected chi connectivity index (χ2v) is 6.11. The number of benzene rings is 1. The maximum absolute atomic E-state index is 4.53. The molecule has 1 aliphatic carbocycles. The number of anilines is 1. The molecule has 4 rings (SSSR count). The number of hydrogen-bond donors (Lipinski definition) is 1. The Morgan fingerprint density at radius 1 is 0.955 bits per heavy atom. The summed E-state index contributed by atoms with van der Waals surface area (Å²) in [5, 5.41) is 3.48. The van der Waals surface area contributed by atoms with Crippen LogP contribution >= 0.6 is 0 Å². The number of nitrogens with zero attached hydrogens (tertiary/aromatic N) is 3. The summed E-state index contributed by atoms with van der Waals surface area (Å²) in [6.07, 6.45) is 7.06. The van der Waals surface area contributed by atoms with Gasteiger partial charge in [0.2, 0.25) is 0 Å². The van der Waals surface area contributed by atoms with Crippen molar-refractivity contribution in [2.24, 2.45) is 5.41 Å². The quantitative estimate of drug-likeness (QED) is 0.782. The molecule has 1 saturated carbocycles. The van der Waals surface area contributed by atoms with E-state index >= 15 is 0 Å². The predicted molar refractivity (Wildman–Crippen MR) is 87.6 cm³/mol. The fourth-order valence-corrected chi connectivity index (χ4v) is 2.85. The normalized spacial score (nSPS) is 15.6. The smallest absolute Gasteiger partial charge is 0.180 e. The van der Waals surface area contributed by atoms with Gasteiger partial charge in [-0.1, -0.05) is 30.3 Å². The fourth-order valence-electron chi connectivity index (χ4n) is 2.85. The zero-order valence-electron chi connectivity index (χ0n) is 12.4. The van der Waals surface area contributed by atoms with Crippen LogP contribution < -0.4 is 5.32 Å². The lowest BCUT2D eigenvalue weighted by Crippen LogP contribution is -2.18. The van der Waals surface area contributed by atoms with Crippen LogP contribution in [0.25, 0.3) is 11.2 Å². The minimum absolute atomic E-state index is 0.389. The minimum atomic E-state index is 0.389. The first kappa shape index (κ1) is 13.2. The number of nitrogens with one attached hydrogen (secondary N) is 1. The maximum atomic E-state index is 4.53. The Morgan fingerprint density at radius 3 is 2.59 bits per heavy atom. The summed E-state index contributed by atoms with van der Waals surface area (Å²) in [5.41, 5.74) is 3.33. The molecule has 0 aliphatic heterocycles. The molecule has 1 aliphatic rings. The van der Waals surface area contributed by atoms with Gasteiger partial charge in [-0.2, -0.15) is 0 Å². The number of pyridine rings is 1. The van der Waals surface area contributed by atoms with Crippen molar-refractivity contribution in [3.8, 4) is 0 Å². The van der Waals surface area contributed by atoms with Gasteiger partial charge in [0.25, 0.3) is 0 Å². The molecule has 0 unspecified atom stereocenters. The molecule has 0 radical (unpaired) electrons. The fraction of sp³-hybridized carbons (Fsp3) is 0.278. The van der Waals surface area contributed by atoms with E-state index in [1.165, 1.54) is 18.4 Å². The second kappa shape index (κ2) is 5.37. The lowest BCUT2D eigenvalue weighted by molar-refractivity contribution is 0.538. The van der Waals surface area contributed by atoms with E-state index in [4.69, 9.17) is 0 Å². The first-order chi connectivity index (χ1) is 10.8. The van der Waals surface area contributed by atoms with Crippen molar-refractivity contribution in [2.45, 2.75) is 19.3 Å². The van der Waals surface area contributed by atoms with E-state index in [-0.39, 0.29) is 0 Å². The van der Waals surface area contributed by atoms with Crippen molar-refractivity contribution in [3.05, 3.63) is 60.4 Å². The van der Waals surface area contributed by atoms with Crippen LogP contribution in [0.15, 0.2) is 54.9 Å². The third-order valence-corrected chi connectivity index (χ3v) is 4.36. The second-order valence-electron chi connectivity index (χ2n) is 6.11. The van der Waals surface area contributed by atoms with Crippen molar-refractivity contribution in [2.75, 3.05) is 11.9 Å². The molecule has 0 saturated heterocycles. The number of hydrogen-bond acceptors (Lipinski definition) is 4. The molecule has 0 atom stereocenters. The predicted octanol–water partition coefficient (Wildman–Crippen LogP) is 3.46. The molecule has 2 heterocycles. The van der Waals surface area contributed by atoms with E-state index in [0.29, 0.717) is 11.1 Å². The largest absolute Gasteiger partial charge is 0.369 e. The van der Waals surface area contributed by atoms with E-state index in [2.05, 4.69) is 50.6 Å². The highest BCUT2D eigenvalue weighted by molar-refractivity contribution is 5.71. The molecule has 2 aromatic heterocycles. The molecule has 0 spiro atoms. The summed E-state index contributed by atoms with van der Waals surface area (Å²) in [7, 11) is 0. The van der Waals surface area contributed by atoms with Gasteiger partial charge in [-0.3, -0.25) is 4.98 Å². The third-order valence-electron chi connectivity index (χ3n) is 4.36. The van der Waals surface area contributed by atoms with Crippen LogP contribution in [0, 0.1) is 5.41 Å². The number of fused-ring (bicyclic) bond motifs is 1. The SMILES string of the molecule is c1ccc(CC2(CNc3ccc4nccnc4n3)CC2)cc1. The highest BCUT2D eigenvalue weighted by atomic mass is 15.0. The molecule has 1 fully saturated rings. The molecular weight excluding hydrogens is 272 g/mol. The highest BCUT2D eigenvalue weighted by Gasteiger charge is 2.42. The minimum Gasteiger partial charge on any atom is -0.369 e. The van der Waals surface area contributed by atoms with Crippen molar-refractivity contribution in [1.29, 1.82) is 0 Å². The van der Waals surface area contributed by atoms with Gasteiger partial charge in [-0.15, -0.1) is 0 Å². The van der Waals surface area contributed by atoms with Crippen LogP contribution in [0.4, 0.5) is 5.82 Å². The average Bonchev–Trinajstić information content (AvgIpc) is 3.34. The van der Waals surface area contributed by atoms with Crippen molar-refractivity contribution < 1.29 is 0 Å². The molecule has 1 aromatic carbocycles. The monoisotopic (exact) mass is 290 g/mol. The van der Waals surface area contributed by atoms with Crippen LogP contribution in [-0.4, -0.2) is 21.5 Å². The van der Waals surface area contributed by atoms with E-state index in [0.717, 1.165) is 24.3 Å². The lowest BCUT2D eigenvalue weighted by Gasteiger charge is -2.16. The van der Waals surface area contributed by atoms with Gasteiger partial charge in [-0.05, 0) is 42.4 Å². The van der Waals surface area contributed by atoms with Crippen molar-refractivity contribution >= 4 is 17.0 Å². The Kier molecular flexibility index (Phi) is 3.22. The standard InChI is InChI=1S/C18H18N4/c1-2-4-14(5-3-1)12-18(8-9-18)13-21-16-7-6-15-17(22-16)20-11-10-19-15/h1-7,10-11H,8-9,12-13H2,(H,20,21,22). The Hall–Kier alpha value is -2.49. The van der Waals surface area contributed by atoms with Gasteiger partial charge in [0.1, 0.15) is 11.3 Å². The Labute approximate surface area is 129 Å². The van der Waals surface area contributed by atoms with Crippen molar-refractivity contribution in [1.82, 2.24) is 15.0 Å². The van der Waals surface area contributed by atoms with E-state index in [1.807, 2.05) is 12.1 Å². The van der Waals surface area contributed by atoms with Crippen molar-refractivity contribution in [3.63, 3.8) is 0 Å². The molecule has 22 heavy (non-hydrogen) atoms. The lowest BCUT2D eigenvalue weighted by atomic mass is 9.96. The maximum Gasteiger partial charge on any atom is 0.180 e. The van der Waals surface area contributed by atoms with Crippen LogP contribution in [0.3, 0.4) is 0 Å². The zero-order chi connectivity index (χ0) is 14.8. The summed E-state index contributed by atoms with van der Waals surface area (Å²) >= 11 is 0. The Balaban J connectivity index is 1.45. The molecule has 4 heteroatoms. The number of aromatic nitrogens is 3. The van der Waals surface area contributed by atoms with Crippen LogP contribution in [0.1, 0.15) is 18.4 Å². The Morgan fingerprint density at radius 2 is 1.77 bits per heavy atom. The number of rotatable bonds is 5. The van der Waals surface area contributed by atoms with E-state index in [1.54, 1.807) is 12.4 Å². The van der Waals surface area contributed by atoms with Crippen LogP contribution in [0.5, 0.6) is 0 Å². The third kappa shape index (κ3) is 2.77. The Bertz CT molecular complexity index is 781. The zero-order valence-corrected chi connectivity index (χ0v) is 12.4. The van der Waals surface area contributed by atoms with Gasteiger partial charge >= 0.3 is 0 Å². The van der Waals surface area contributed by atoms with Gasteiger partial charge in [0.05, 0.1) is 0 Å². The van der Waals surface area contributed by atoms with Gasteiger partial charge < -0.3 is 5.32 Å². The summed E-state index contributed by atoms with van der Waals surface area (Å²) in [5.74, 6) is 0.882. The molecule has 3 aromatic rings. The van der Waals surface area contributed by atoms with Crippen LogP contribution in [-0.2, 0) is 6.42 Å². The molecule has 1 N–H and O–H groups in total. The summed E-state index contributed by atoms with van der Waals surface area (Å²) in [4.78, 5) is 13.0. The molecule has 4 nitrogen and oxygen atoms in total.